The molecule has 1 unspecified atom stereocenters. The Morgan fingerprint density at radius 2 is 1.81 bits per heavy atom. The fourth-order valence-electron chi connectivity index (χ4n) is 3.90. The molecule has 0 spiro atoms. The highest BCUT2D eigenvalue weighted by atomic mass is 32.2. The minimum absolute atomic E-state index is 0.121. The van der Waals surface area contributed by atoms with Gasteiger partial charge in [-0.2, -0.15) is 5.26 Å². The van der Waals surface area contributed by atoms with E-state index >= 15 is 0 Å². The molecular formula is C28H24FN3O3S. The van der Waals surface area contributed by atoms with Gasteiger partial charge >= 0.3 is 0 Å². The molecule has 3 aromatic carbocycles. The van der Waals surface area contributed by atoms with E-state index in [1.165, 1.54) is 18.1 Å². The van der Waals surface area contributed by atoms with Crippen molar-refractivity contribution in [3.8, 4) is 11.8 Å². The number of anilines is 2. The third-order valence-corrected chi connectivity index (χ3v) is 7.09. The number of aryl methyl sites for hydroxylation is 1. The van der Waals surface area contributed by atoms with Gasteiger partial charge in [0.25, 0.3) is 5.91 Å². The molecule has 6 nitrogen and oxygen atoms in total. The summed E-state index contributed by atoms with van der Waals surface area (Å²) in [5.41, 5.74) is 2.20. The van der Waals surface area contributed by atoms with Crippen LogP contribution in [0.15, 0.2) is 83.4 Å². The summed E-state index contributed by atoms with van der Waals surface area (Å²) >= 11 is 1.09. The van der Waals surface area contributed by atoms with Crippen molar-refractivity contribution < 1.29 is 18.7 Å². The zero-order valence-electron chi connectivity index (χ0n) is 19.8. The number of carbonyl (C=O) groups excluding carboxylic acids is 2. The summed E-state index contributed by atoms with van der Waals surface area (Å²) < 4.78 is 19.7. The van der Waals surface area contributed by atoms with Crippen molar-refractivity contribution in [1.82, 2.24) is 0 Å². The van der Waals surface area contributed by atoms with Gasteiger partial charge in [0.1, 0.15) is 28.2 Å². The van der Waals surface area contributed by atoms with Gasteiger partial charge in [-0.25, -0.2) is 4.39 Å². The largest absolute Gasteiger partial charge is 0.495 e. The van der Waals surface area contributed by atoms with E-state index in [2.05, 4.69) is 5.32 Å². The van der Waals surface area contributed by atoms with Gasteiger partial charge < -0.3 is 10.1 Å². The highest BCUT2D eigenvalue weighted by Gasteiger charge is 2.41. The lowest BCUT2D eigenvalue weighted by molar-refractivity contribution is -0.117. The van der Waals surface area contributed by atoms with Gasteiger partial charge in [0, 0.05) is 5.69 Å². The van der Waals surface area contributed by atoms with Crippen molar-refractivity contribution in [2.24, 2.45) is 0 Å². The smallest absolute Gasteiger partial charge is 0.269 e. The van der Waals surface area contributed by atoms with Crippen LogP contribution in [-0.2, 0) is 22.4 Å². The topological polar surface area (TPSA) is 82.4 Å². The van der Waals surface area contributed by atoms with Crippen LogP contribution in [0, 0.1) is 17.1 Å². The van der Waals surface area contributed by atoms with Crippen LogP contribution < -0.4 is 15.0 Å². The monoisotopic (exact) mass is 501 g/mol. The number of nitrogens with zero attached hydrogens (tertiary/aromatic N) is 2. The number of carbonyl (C=O) groups is 2. The number of ether oxygens (including phenoxy) is 1. The lowest BCUT2D eigenvalue weighted by Crippen LogP contribution is -2.31. The summed E-state index contributed by atoms with van der Waals surface area (Å²) in [6.07, 6.45) is 0.947. The molecule has 3 aromatic rings. The Kier molecular flexibility index (Phi) is 7.71. The van der Waals surface area contributed by atoms with Crippen LogP contribution in [0.2, 0.25) is 0 Å². The Morgan fingerprint density at radius 1 is 1.11 bits per heavy atom. The number of nitriles is 1. The van der Waals surface area contributed by atoms with Gasteiger partial charge in [-0.1, -0.05) is 61.2 Å². The molecule has 1 aliphatic rings. The molecule has 0 radical (unpaired) electrons. The van der Waals surface area contributed by atoms with Crippen LogP contribution in [0.4, 0.5) is 15.8 Å². The van der Waals surface area contributed by atoms with Gasteiger partial charge in [0.2, 0.25) is 5.91 Å². The molecule has 0 aliphatic carbocycles. The SMILES string of the molecule is CCc1ccc(N2C(=O)C(Cc3ccccc3F)S/C2=C(/C#N)C(=O)Nc2ccccc2OC)cc1. The summed E-state index contributed by atoms with van der Waals surface area (Å²) in [5, 5.41) is 12.2. The van der Waals surface area contributed by atoms with Gasteiger partial charge in [0.15, 0.2) is 0 Å². The maximum Gasteiger partial charge on any atom is 0.269 e. The van der Waals surface area contributed by atoms with Crippen molar-refractivity contribution in [3.63, 3.8) is 0 Å². The molecule has 0 bridgehead atoms. The molecule has 1 atom stereocenters. The maximum atomic E-state index is 14.4. The summed E-state index contributed by atoms with van der Waals surface area (Å²) in [4.78, 5) is 28.2. The number of benzene rings is 3. The van der Waals surface area contributed by atoms with Crippen molar-refractivity contribution in [2.45, 2.75) is 25.0 Å². The van der Waals surface area contributed by atoms with Crippen LogP contribution in [-0.4, -0.2) is 24.2 Å². The number of halogens is 1. The van der Waals surface area contributed by atoms with Crippen LogP contribution in [0.1, 0.15) is 18.1 Å². The summed E-state index contributed by atoms with van der Waals surface area (Å²) in [7, 11) is 1.48. The standard InChI is InChI=1S/C28H24FN3O3S/c1-3-18-12-14-20(15-13-18)32-27(34)25(16-19-8-4-5-9-22(19)29)36-28(32)21(17-30)26(33)31-23-10-6-7-11-24(23)35-2/h4-15,25H,3,16H2,1-2H3,(H,31,33)/b28-21-. The average Bonchev–Trinajstić information content (AvgIpc) is 3.21. The van der Waals surface area contributed by atoms with Crippen LogP contribution in [0.5, 0.6) is 5.75 Å². The second kappa shape index (κ2) is 11.1. The fraction of sp³-hybridized carbons (Fsp3) is 0.179. The number of methoxy groups -OCH3 is 1. The van der Waals surface area contributed by atoms with E-state index in [0.717, 1.165) is 23.7 Å². The zero-order valence-corrected chi connectivity index (χ0v) is 20.6. The fourth-order valence-corrected chi connectivity index (χ4v) is 5.19. The number of para-hydroxylation sites is 2. The van der Waals surface area contributed by atoms with Crippen LogP contribution in [0.25, 0.3) is 0 Å². The molecule has 0 saturated carbocycles. The molecule has 1 N–H and O–H groups in total. The molecule has 1 fully saturated rings. The Bertz CT molecular complexity index is 1360. The van der Waals surface area contributed by atoms with E-state index in [1.54, 1.807) is 54.6 Å². The quantitative estimate of drug-likeness (QED) is 0.343. The van der Waals surface area contributed by atoms with Gasteiger partial charge in [-0.05, 0) is 54.3 Å². The van der Waals surface area contributed by atoms with E-state index in [4.69, 9.17) is 4.74 Å². The van der Waals surface area contributed by atoms with Crippen molar-refractivity contribution in [3.05, 3.63) is 100 Å². The second-order valence-corrected chi connectivity index (χ2v) is 9.23. The lowest BCUT2D eigenvalue weighted by atomic mass is 10.1. The molecule has 1 heterocycles. The molecule has 4 rings (SSSR count). The third-order valence-electron chi connectivity index (χ3n) is 5.83. The molecule has 2 amide bonds. The Hall–Kier alpha value is -4.09. The Morgan fingerprint density at radius 3 is 2.47 bits per heavy atom. The molecule has 8 heteroatoms. The molecule has 1 aliphatic heterocycles. The highest BCUT2D eigenvalue weighted by Crippen LogP contribution is 2.42. The number of thioether (sulfide) groups is 1. The number of amides is 2. The molecule has 182 valence electrons. The number of nitrogens with one attached hydrogen (secondary N) is 1. The van der Waals surface area contributed by atoms with E-state index in [9.17, 15) is 19.2 Å². The maximum absolute atomic E-state index is 14.4. The van der Waals surface area contributed by atoms with Crippen molar-refractivity contribution in [2.75, 3.05) is 17.3 Å². The second-order valence-electron chi connectivity index (χ2n) is 8.04. The summed E-state index contributed by atoms with van der Waals surface area (Å²) in [6, 6.07) is 22.5. The van der Waals surface area contributed by atoms with Crippen molar-refractivity contribution >= 4 is 35.0 Å². The van der Waals surface area contributed by atoms with Gasteiger partial charge in [-0.3, -0.25) is 14.5 Å². The Balaban J connectivity index is 1.75. The average molecular weight is 502 g/mol. The first-order valence-electron chi connectivity index (χ1n) is 11.4. The predicted molar refractivity (Wildman–Crippen MR) is 139 cm³/mol. The first-order chi connectivity index (χ1) is 17.5. The minimum atomic E-state index is -0.704. The van der Waals surface area contributed by atoms with E-state index in [-0.39, 0.29) is 22.9 Å². The first-order valence-corrected chi connectivity index (χ1v) is 12.3. The molecule has 36 heavy (non-hydrogen) atoms. The van der Waals surface area contributed by atoms with E-state index in [1.807, 2.05) is 25.1 Å². The lowest BCUT2D eigenvalue weighted by Gasteiger charge is -2.19. The van der Waals surface area contributed by atoms with Gasteiger partial charge in [0.05, 0.1) is 18.0 Å². The summed E-state index contributed by atoms with van der Waals surface area (Å²) in [5.74, 6) is -0.955. The molecule has 1 saturated heterocycles. The molecular weight excluding hydrogens is 477 g/mol. The number of hydrogen-bond acceptors (Lipinski definition) is 5. The minimum Gasteiger partial charge on any atom is -0.495 e. The predicted octanol–water partition coefficient (Wildman–Crippen LogP) is 5.46. The first kappa shape index (κ1) is 25.0. The van der Waals surface area contributed by atoms with Crippen LogP contribution >= 0.6 is 11.8 Å². The third kappa shape index (κ3) is 5.11. The van der Waals surface area contributed by atoms with Gasteiger partial charge in [-0.15, -0.1) is 0 Å². The summed E-state index contributed by atoms with van der Waals surface area (Å²) in [6.45, 7) is 2.03. The van der Waals surface area contributed by atoms with Crippen LogP contribution in [0.3, 0.4) is 0 Å². The van der Waals surface area contributed by atoms with E-state index < -0.39 is 17.0 Å². The normalized spacial score (nSPS) is 16.4. The highest BCUT2D eigenvalue weighted by molar-refractivity contribution is 8.05. The number of hydrogen-bond donors (Lipinski definition) is 1. The molecule has 0 aromatic heterocycles. The van der Waals surface area contributed by atoms with Crippen molar-refractivity contribution in [1.29, 1.82) is 5.26 Å². The number of rotatable bonds is 7. The zero-order chi connectivity index (χ0) is 25.7. The van der Waals surface area contributed by atoms with E-state index in [0.29, 0.717) is 22.7 Å². The Labute approximate surface area is 213 Å².